The lowest BCUT2D eigenvalue weighted by atomic mass is 10.1. The van der Waals surface area contributed by atoms with Gasteiger partial charge in [-0.1, -0.05) is 11.2 Å². The third-order valence-corrected chi connectivity index (χ3v) is 6.50. The summed E-state index contributed by atoms with van der Waals surface area (Å²) >= 11 is 2.90. The number of hydrogen-bond acceptors (Lipinski definition) is 9. The molecule has 4 aromatic heterocycles. The highest BCUT2D eigenvalue weighted by molar-refractivity contribution is 7.13. The van der Waals surface area contributed by atoms with Crippen LogP contribution < -0.4 is 4.74 Å². The molecule has 5 rings (SSSR count). The van der Waals surface area contributed by atoms with Crippen LogP contribution in [0.3, 0.4) is 0 Å². The van der Waals surface area contributed by atoms with E-state index in [1.165, 1.54) is 34.8 Å². The van der Waals surface area contributed by atoms with Gasteiger partial charge in [0, 0.05) is 5.38 Å². The summed E-state index contributed by atoms with van der Waals surface area (Å²) < 4.78 is 29.4. The van der Waals surface area contributed by atoms with Gasteiger partial charge < -0.3 is 14.0 Å². The Morgan fingerprint density at radius 3 is 2.76 bits per heavy atom. The molecule has 4 heterocycles. The van der Waals surface area contributed by atoms with E-state index in [4.69, 9.17) is 14.0 Å². The number of thiophene rings is 1. The zero-order valence-corrected chi connectivity index (χ0v) is 18.9. The molecular weight excluding hydrogens is 465 g/mol. The van der Waals surface area contributed by atoms with Crippen LogP contribution in [0.4, 0.5) is 4.39 Å². The molecule has 0 radical (unpaired) electrons. The fraction of sp³-hybridized carbons (Fsp3) is 0.130. The van der Waals surface area contributed by atoms with Gasteiger partial charge in [-0.25, -0.2) is 19.2 Å². The van der Waals surface area contributed by atoms with Crippen molar-refractivity contribution in [1.29, 1.82) is 0 Å². The van der Waals surface area contributed by atoms with Crippen LogP contribution >= 0.6 is 22.7 Å². The van der Waals surface area contributed by atoms with Crippen LogP contribution in [0.5, 0.6) is 5.75 Å². The molecule has 33 heavy (non-hydrogen) atoms. The molecule has 7 nitrogen and oxygen atoms in total. The summed E-state index contributed by atoms with van der Waals surface area (Å²) in [5, 5.41) is 8.94. The molecule has 0 aliphatic heterocycles. The molecule has 0 aliphatic rings. The minimum atomic E-state index is -0.511. The van der Waals surface area contributed by atoms with Gasteiger partial charge in [0.1, 0.15) is 29.8 Å². The van der Waals surface area contributed by atoms with E-state index in [0.717, 1.165) is 4.88 Å². The van der Waals surface area contributed by atoms with Gasteiger partial charge in [-0.15, -0.1) is 22.7 Å². The van der Waals surface area contributed by atoms with Gasteiger partial charge in [-0.05, 0) is 48.7 Å². The molecule has 10 heteroatoms. The number of halogens is 1. The lowest BCUT2D eigenvalue weighted by Crippen LogP contribution is -2.07. The molecule has 0 saturated heterocycles. The smallest absolute Gasteiger partial charge is 0.339 e. The number of aryl methyl sites for hydroxylation is 1. The number of benzene rings is 1. The first-order chi connectivity index (χ1) is 16.1. The monoisotopic (exact) mass is 481 g/mol. The first-order valence-electron chi connectivity index (χ1n) is 9.86. The maximum Gasteiger partial charge on any atom is 0.339 e. The van der Waals surface area contributed by atoms with Crippen molar-refractivity contribution in [2.24, 2.45) is 0 Å². The number of hydrogen-bond donors (Lipinski definition) is 0. The predicted molar refractivity (Wildman–Crippen MR) is 122 cm³/mol. The Morgan fingerprint density at radius 1 is 1.12 bits per heavy atom. The van der Waals surface area contributed by atoms with E-state index in [1.54, 1.807) is 30.5 Å². The summed E-state index contributed by atoms with van der Waals surface area (Å²) in [7, 11) is 0. The van der Waals surface area contributed by atoms with Crippen molar-refractivity contribution < 1.29 is 23.2 Å². The van der Waals surface area contributed by atoms with Gasteiger partial charge >= 0.3 is 5.97 Å². The molecule has 0 unspecified atom stereocenters. The number of thiazole rings is 1. The number of carbonyl (C=O) groups excluding carboxylic acids is 1. The molecule has 5 aromatic rings. The molecule has 0 N–H and O–H groups in total. The molecule has 0 fully saturated rings. The number of rotatable bonds is 7. The molecule has 0 saturated carbocycles. The van der Waals surface area contributed by atoms with E-state index < -0.39 is 5.97 Å². The average molecular weight is 482 g/mol. The van der Waals surface area contributed by atoms with Gasteiger partial charge in [0.2, 0.25) is 0 Å². The Bertz CT molecular complexity index is 1410. The Balaban J connectivity index is 1.28. The maximum atomic E-state index is 13.0. The number of nitrogens with zero attached hydrogens (tertiary/aromatic N) is 3. The first-order valence-corrected chi connectivity index (χ1v) is 11.6. The van der Waals surface area contributed by atoms with Crippen LogP contribution in [-0.2, 0) is 18.0 Å². The molecule has 0 spiro atoms. The number of pyridine rings is 1. The highest BCUT2D eigenvalue weighted by Crippen LogP contribution is 2.30. The molecular formula is C23H16FN3O4S2. The zero-order valence-electron chi connectivity index (χ0n) is 17.3. The van der Waals surface area contributed by atoms with Crippen molar-refractivity contribution in [3.8, 4) is 16.3 Å². The highest BCUT2D eigenvalue weighted by atomic mass is 32.1. The summed E-state index contributed by atoms with van der Waals surface area (Å²) in [6.07, 6.45) is 0. The standard InChI is InChI=1S/C23H16FN3O4S2/c1-13-21-17(9-18(19-3-2-8-32-19)26-22(21)31-27-13)23(28)30-10-15-12-33-20(25-15)11-29-16-6-4-14(24)5-7-16/h2-9,12H,10-11H2,1H3. The fourth-order valence-electron chi connectivity index (χ4n) is 3.18. The van der Waals surface area contributed by atoms with Crippen LogP contribution in [0.15, 0.2) is 57.7 Å². The highest BCUT2D eigenvalue weighted by Gasteiger charge is 2.21. The number of fused-ring (bicyclic) bond motifs is 1. The summed E-state index contributed by atoms with van der Waals surface area (Å²) in [4.78, 5) is 22.8. The van der Waals surface area contributed by atoms with E-state index in [1.807, 2.05) is 17.5 Å². The van der Waals surface area contributed by atoms with Gasteiger partial charge in [0.25, 0.3) is 5.71 Å². The number of esters is 1. The van der Waals surface area contributed by atoms with Crippen LogP contribution in [0, 0.1) is 12.7 Å². The Hall–Kier alpha value is -3.63. The van der Waals surface area contributed by atoms with Crippen molar-refractivity contribution in [2.75, 3.05) is 0 Å². The van der Waals surface area contributed by atoms with Gasteiger partial charge in [-0.3, -0.25) is 0 Å². The summed E-state index contributed by atoms with van der Waals surface area (Å²) in [5.74, 6) is -0.286. The van der Waals surface area contributed by atoms with Crippen molar-refractivity contribution in [3.63, 3.8) is 0 Å². The second kappa shape index (κ2) is 9.08. The lowest BCUT2D eigenvalue weighted by Gasteiger charge is -2.06. The number of aromatic nitrogens is 3. The van der Waals surface area contributed by atoms with Crippen LogP contribution in [0.2, 0.25) is 0 Å². The van der Waals surface area contributed by atoms with E-state index in [9.17, 15) is 9.18 Å². The molecule has 1 aromatic carbocycles. The second-order valence-electron chi connectivity index (χ2n) is 7.03. The van der Waals surface area contributed by atoms with Crippen molar-refractivity contribution in [2.45, 2.75) is 20.1 Å². The summed E-state index contributed by atoms with van der Waals surface area (Å²) in [6, 6.07) is 11.3. The van der Waals surface area contributed by atoms with E-state index in [2.05, 4.69) is 15.1 Å². The van der Waals surface area contributed by atoms with Crippen LogP contribution in [-0.4, -0.2) is 21.1 Å². The van der Waals surface area contributed by atoms with E-state index in [-0.39, 0.29) is 19.0 Å². The largest absolute Gasteiger partial charge is 0.486 e. The normalized spacial score (nSPS) is 11.1. The minimum absolute atomic E-state index is 0.00829. The molecule has 0 bridgehead atoms. The lowest BCUT2D eigenvalue weighted by molar-refractivity contribution is 0.0470. The van der Waals surface area contributed by atoms with Crippen molar-refractivity contribution in [3.05, 3.63) is 81.0 Å². The molecule has 166 valence electrons. The maximum absolute atomic E-state index is 13.0. The minimum Gasteiger partial charge on any atom is -0.486 e. The van der Waals surface area contributed by atoms with Gasteiger partial charge in [-0.2, -0.15) is 0 Å². The van der Waals surface area contributed by atoms with Crippen molar-refractivity contribution >= 4 is 39.7 Å². The van der Waals surface area contributed by atoms with Gasteiger partial charge in [0.05, 0.1) is 32.9 Å². The van der Waals surface area contributed by atoms with E-state index >= 15 is 0 Å². The van der Waals surface area contributed by atoms with E-state index in [0.29, 0.717) is 44.5 Å². The van der Waals surface area contributed by atoms with Gasteiger partial charge in [0.15, 0.2) is 0 Å². The Labute approximate surface area is 195 Å². The van der Waals surface area contributed by atoms with Crippen LogP contribution in [0.25, 0.3) is 21.7 Å². The topological polar surface area (TPSA) is 87.3 Å². The fourth-order valence-corrected chi connectivity index (χ4v) is 4.56. The summed E-state index contributed by atoms with van der Waals surface area (Å²) in [5.41, 5.74) is 2.43. The first kappa shape index (κ1) is 21.2. The third kappa shape index (κ3) is 4.62. The SMILES string of the molecule is Cc1noc2nc(-c3cccs3)cc(C(=O)OCc3csc(COc4ccc(F)cc4)n3)c12. The number of carbonyl (C=O) groups is 1. The third-order valence-electron chi connectivity index (χ3n) is 4.74. The second-order valence-corrected chi connectivity index (χ2v) is 8.92. The summed E-state index contributed by atoms with van der Waals surface area (Å²) in [6.45, 7) is 2.00. The Kier molecular flexibility index (Phi) is 5.84. The van der Waals surface area contributed by atoms with Crippen LogP contribution in [0.1, 0.15) is 26.8 Å². The quantitative estimate of drug-likeness (QED) is 0.272. The number of ether oxygens (including phenoxy) is 2. The molecule has 0 amide bonds. The average Bonchev–Trinajstić information content (AvgIpc) is 3.58. The Morgan fingerprint density at radius 2 is 1.97 bits per heavy atom. The zero-order chi connectivity index (χ0) is 22.8. The van der Waals surface area contributed by atoms with Crippen molar-refractivity contribution in [1.82, 2.24) is 15.1 Å². The molecule has 0 atom stereocenters. The predicted octanol–water partition coefficient (Wildman–Crippen LogP) is 5.79. The molecule has 0 aliphatic carbocycles.